The molecule has 4 aromatic carbocycles. The van der Waals surface area contributed by atoms with Crippen LogP contribution < -0.4 is 20.3 Å². The van der Waals surface area contributed by atoms with E-state index in [2.05, 4.69) is 26.3 Å². The number of furan rings is 1. The van der Waals surface area contributed by atoms with Gasteiger partial charge in [0, 0.05) is 16.1 Å². The Morgan fingerprint density at radius 1 is 1.07 bits per heavy atom. The third-order valence-electron chi connectivity index (χ3n) is 6.87. The van der Waals surface area contributed by atoms with Crippen molar-refractivity contribution in [1.29, 1.82) is 0 Å². The molecule has 2 heterocycles. The smallest absolute Gasteiger partial charge is 0.282 e. The first-order valence-electron chi connectivity index (χ1n) is 14.0. The largest absolute Gasteiger partial charge is 0.490 e. The molecule has 0 atom stereocenters. The van der Waals surface area contributed by atoms with Crippen molar-refractivity contribution in [3.8, 4) is 23.1 Å². The van der Waals surface area contributed by atoms with Crippen LogP contribution in [0.5, 0.6) is 11.5 Å². The Labute approximate surface area is 271 Å². The van der Waals surface area contributed by atoms with Crippen LogP contribution in [0.15, 0.2) is 104 Å². The lowest BCUT2D eigenvalue weighted by molar-refractivity contribution is -0.118. The highest BCUT2D eigenvalue weighted by atomic mass is 79.9. The summed E-state index contributed by atoms with van der Waals surface area (Å²) in [6, 6.07) is 25.1. The van der Waals surface area contributed by atoms with Crippen LogP contribution >= 0.6 is 27.5 Å². The molecule has 0 saturated carbocycles. The number of anilines is 1. The predicted molar refractivity (Wildman–Crippen MR) is 180 cm³/mol. The van der Waals surface area contributed by atoms with E-state index in [1.807, 2.05) is 44.2 Å². The minimum Gasteiger partial charge on any atom is -0.490 e. The van der Waals surface area contributed by atoms with Gasteiger partial charge in [0.1, 0.15) is 5.58 Å². The van der Waals surface area contributed by atoms with Crippen LogP contribution in [0.3, 0.4) is 0 Å². The number of nitrogens with zero attached hydrogens (tertiary/aromatic N) is 3. The van der Waals surface area contributed by atoms with Crippen molar-refractivity contribution < 1.29 is 18.7 Å². The first-order valence-corrected chi connectivity index (χ1v) is 15.2. The summed E-state index contributed by atoms with van der Waals surface area (Å²) < 4.78 is 19.5. The highest BCUT2D eigenvalue weighted by Crippen LogP contribution is 2.37. The molecule has 0 aliphatic rings. The quantitative estimate of drug-likeness (QED) is 0.156. The van der Waals surface area contributed by atoms with E-state index in [9.17, 15) is 9.59 Å². The van der Waals surface area contributed by atoms with Gasteiger partial charge in [-0.05, 0) is 95.5 Å². The number of ether oxygens (including phenoxy) is 2. The van der Waals surface area contributed by atoms with Crippen LogP contribution in [0.4, 0.5) is 5.69 Å². The summed E-state index contributed by atoms with van der Waals surface area (Å²) in [7, 11) is 0. The molecular weight excluding hydrogens is 660 g/mol. The van der Waals surface area contributed by atoms with E-state index < -0.39 is 0 Å². The van der Waals surface area contributed by atoms with Crippen LogP contribution in [0.25, 0.3) is 33.5 Å². The zero-order valence-electron chi connectivity index (χ0n) is 24.2. The zero-order valence-corrected chi connectivity index (χ0v) is 26.6. The highest BCUT2D eigenvalue weighted by molar-refractivity contribution is 9.10. The molecule has 6 rings (SSSR count). The van der Waals surface area contributed by atoms with E-state index in [1.54, 1.807) is 54.6 Å². The number of carbonyl (C=O) groups is 1. The van der Waals surface area contributed by atoms with Crippen molar-refractivity contribution in [2.45, 2.75) is 13.8 Å². The van der Waals surface area contributed by atoms with Gasteiger partial charge in [-0.25, -0.2) is 4.98 Å². The maximum Gasteiger partial charge on any atom is 0.282 e. The van der Waals surface area contributed by atoms with Crippen LogP contribution in [0.2, 0.25) is 5.02 Å². The van der Waals surface area contributed by atoms with Gasteiger partial charge < -0.3 is 19.2 Å². The third kappa shape index (κ3) is 6.47. The van der Waals surface area contributed by atoms with Crippen LogP contribution in [0.1, 0.15) is 18.1 Å². The van der Waals surface area contributed by atoms with Gasteiger partial charge in [0.15, 0.2) is 23.9 Å². The van der Waals surface area contributed by atoms with Crippen LogP contribution in [-0.2, 0) is 4.79 Å². The normalized spacial score (nSPS) is 11.4. The summed E-state index contributed by atoms with van der Waals surface area (Å²) in [5, 5.41) is 9.13. The number of rotatable bonds is 9. The number of aryl methyl sites for hydroxylation is 1. The molecule has 0 radical (unpaired) electrons. The minimum absolute atomic E-state index is 0.228. The number of hydrogen-bond donors (Lipinski definition) is 1. The Kier molecular flexibility index (Phi) is 8.68. The zero-order chi connectivity index (χ0) is 31.5. The van der Waals surface area contributed by atoms with Gasteiger partial charge in [-0.2, -0.15) is 9.78 Å². The molecule has 9 nitrogen and oxygen atoms in total. The molecule has 0 saturated heterocycles. The van der Waals surface area contributed by atoms with E-state index >= 15 is 0 Å². The summed E-state index contributed by atoms with van der Waals surface area (Å²) in [4.78, 5) is 31.0. The van der Waals surface area contributed by atoms with Crippen molar-refractivity contribution in [2.75, 3.05) is 18.5 Å². The number of aromatic nitrogens is 2. The molecule has 0 fully saturated rings. The van der Waals surface area contributed by atoms with E-state index in [0.29, 0.717) is 61.1 Å². The fraction of sp³-hybridized carbons (Fsp3) is 0.118. The number of para-hydroxylation sites is 2. The second-order valence-electron chi connectivity index (χ2n) is 10.0. The Bertz CT molecular complexity index is 2160. The van der Waals surface area contributed by atoms with Gasteiger partial charge in [-0.1, -0.05) is 41.9 Å². The number of fused-ring (bicyclic) bond motifs is 2. The second-order valence-corrected chi connectivity index (χ2v) is 11.3. The summed E-state index contributed by atoms with van der Waals surface area (Å²) >= 11 is 9.72. The molecule has 45 heavy (non-hydrogen) atoms. The lowest BCUT2D eigenvalue weighted by atomic mass is 10.2. The average molecular weight is 686 g/mol. The average Bonchev–Trinajstić information content (AvgIpc) is 3.44. The Hall–Kier alpha value is -4.93. The summed E-state index contributed by atoms with van der Waals surface area (Å²) in [5.41, 5.74) is 3.00. The van der Waals surface area contributed by atoms with Crippen molar-refractivity contribution >= 4 is 67.2 Å². The molecule has 11 heteroatoms. The molecule has 1 N–H and O–H groups in total. The van der Waals surface area contributed by atoms with Gasteiger partial charge in [-0.15, -0.1) is 0 Å². The molecule has 6 aromatic rings. The van der Waals surface area contributed by atoms with Crippen LogP contribution in [-0.4, -0.2) is 35.0 Å². The number of amides is 1. The molecule has 0 aliphatic carbocycles. The number of nitrogens with one attached hydrogen (secondary N) is 1. The predicted octanol–water partition coefficient (Wildman–Crippen LogP) is 7.83. The first-order chi connectivity index (χ1) is 21.8. The molecular formula is C34H26BrClN4O5. The maximum atomic E-state index is 13.7. The fourth-order valence-electron chi connectivity index (χ4n) is 4.74. The van der Waals surface area contributed by atoms with E-state index in [4.69, 9.17) is 30.5 Å². The molecule has 1 amide bonds. The molecule has 0 bridgehead atoms. The fourth-order valence-corrected chi connectivity index (χ4v) is 5.50. The Morgan fingerprint density at radius 3 is 2.69 bits per heavy atom. The molecule has 0 aliphatic heterocycles. The summed E-state index contributed by atoms with van der Waals surface area (Å²) in [6.45, 7) is 3.88. The summed E-state index contributed by atoms with van der Waals surface area (Å²) in [6.07, 6.45) is 1.52. The Balaban J connectivity index is 1.33. The van der Waals surface area contributed by atoms with E-state index in [1.165, 1.54) is 10.9 Å². The van der Waals surface area contributed by atoms with Crippen molar-refractivity contribution in [1.82, 2.24) is 9.66 Å². The first kappa shape index (κ1) is 30.1. The van der Waals surface area contributed by atoms with Crippen molar-refractivity contribution in [2.24, 2.45) is 5.10 Å². The summed E-state index contributed by atoms with van der Waals surface area (Å²) in [5.74, 6) is 1.03. The minimum atomic E-state index is -0.367. The topological polar surface area (TPSA) is 108 Å². The highest BCUT2D eigenvalue weighted by Gasteiger charge is 2.18. The maximum absolute atomic E-state index is 13.7. The molecule has 0 unspecified atom stereocenters. The molecule has 226 valence electrons. The molecule has 2 aromatic heterocycles. The monoisotopic (exact) mass is 684 g/mol. The standard InChI is InChI=1S/C34H26BrClN4O5/c1-3-43-29-15-21(14-25(35)32(29)44-19-31(41)38-26-10-6-4-8-20(26)2)18-37-40-33(39-27-11-7-5-9-24(27)34(40)42)30-17-22-16-23(36)12-13-28(22)45-30/h4-18H,3,19H2,1-2H3,(H,38,41). The number of hydrogen-bond acceptors (Lipinski definition) is 7. The van der Waals surface area contributed by atoms with Crippen molar-refractivity contribution in [3.63, 3.8) is 0 Å². The number of carbonyl (C=O) groups excluding carboxylic acids is 1. The lowest BCUT2D eigenvalue weighted by Crippen LogP contribution is -2.21. The number of halogens is 2. The Morgan fingerprint density at radius 2 is 1.87 bits per heavy atom. The molecule has 0 spiro atoms. The van der Waals surface area contributed by atoms with E-state index in [0.717, 1.165) is 10.9 Å². The van der Waals surface area contributed by atoms with Gasteiger partial charge >= 0.3 is 0 Å². The number of benzene rings is 4. The van der Waals surface area contributed by atoms with Crippen LogP contribution in [0, 0.1) is 6.92 Å². The second kappa shape index (κ2) is 13.0. The van der Waals surface area contributed by atoms with Crippen molar-refractivity contribution in [3.05, 3.63) is 116 Å². The van der Waals surface area contributed by atoms with E-state index in [-0.39, 0.29) is 23.9 Å². The lowest BCUT2D eigenvalue weighted by Gasteiger charge is -2.15. The van der Waals surface area contributed by atoms with Gasteiger partial charge in [0.25, 0.3) is 11.5 Å². The third-order valence-corrected chi connectivity index (χ3v) is 7.70. The SMILES string of the molecule is CCOc1cc(C=Nn2c(-c3cc4cc(Cl)ccc4o3)nc3ccccc3c2=O)cc(Br)c1OCC(=O)Nc1ccccc1C. The van der Waals surface area contributed by atoms with Gasteiger partial charge in [0.05, 0.1) is 28.2 Å². The van der Waals surface area contributed by atoms with Gasteiger partial charge in [0.2, 0.25) is 5.82 Å². The van der Waals surface area contributed by atoms with Gasteiger partial charge in [-0.3, -0.25) is 9.59 Å².